The molecule has 0 saturated carbocycles. The molecule has 156 valence electrons. The fourth-order valence-corrected chi connectivity index (χ4v) is 3.47. The normalized spacial score (nSPS) is 15.6. The fraction of sp³-hybridized carbons (Fsp3) is 0.636. The van der Waals surface area contributed by atoms with Gasteiger partial charge in [-0.15, -0.1) is 0 Å². The second-order valence-electron chi connectivity index (χ2n) is 7.81. The molecule has 2 rings (SSSR count). The maximum Gasteiger partial charge on any atom is 0.239 e. The van der Waals surface area contributed by atoms with Crippen molar-refractivity contribution in [3.05, 3.63) is 35.4 Å². The van der Waals surface area contributed by atoms with Crippen molar-refractivity contribution in [1.29, 1.82) is 0 Å². The molecular weight excluding hydrogens is 352 g/mol. The van der Waals surface area contributed by atoms with Crippen LogP contribution in [0.1, 0.15) is 44.7 Å². The highest BCUT2D eigenvalue weighted by Crippen LogP contribution is 2.16. The Hall–Kier alpha value is -1.92. The number of hydrogen-bond acceptors (Lipinski definition) is 4. The second-order valence-corrected chi connectivity index (χ2v) is 7.81. The molecule has 0 atom stereocenters. The minimum absolute atomic E-state index is 0.0338. The molecule has 0 spiro atoms. The van der Waals surface area contributed by atoms with E-state index in [1.165, 1.54) is 11.1 Å². The first-order chi connectivity index (χ1) is 13.4. The summed E-state index contributed by atoms with van der Waals surface area (Å²) in [5.41, 5.74) is 2.72. The Morgan fingerprint density at radius 1 is 1.04 bits per heavy atom. The van der Waals surface area contributed by atoms with Crippen molar-refractivity contribution in [3.8, 4) is 0 Å². The number of carbonyl (C=O) groups excluding carboxylic acids is 2. The van der Waals surface area contributed by atoms with Crippen LogP contribution in [0.4, 0.5) is 0 Å². The topological polar surface area (TPSA) is 55.9 Å². The largest absolute Gasteiger partial charge is 0.355 e. The van der Waals surface area contributed by atoms with Crippen LogP contribution in [-0.4, -0.2) is 78.9 Å². The number of benzene rings is 1. The third-order valence-electron chi connectivity index (χ3n) is 5.32. The van der Waals surface area contributed by atoms with Gasteiger partial charge in [-0.2, -0.15) is 0 Å². The number of hydrogen-bond donors (Lipinski definition) is 1. The maximum atomic E-state index is 12.5. The predicted molar refractivity (Wildman–Crippen MR) is 113 cm³/mol. The lowest BCUT2D eigenvalue weighted by atomic mass is 10.0. The Bertz CT molecular complexity index is 622. The molecule has 6 nitrogen and oxygen atoms in total. The molecule has 28 heavy (non-hydrogen) atoms. The van der Waals surface area contributed by atoms with E-state index in [-0.39, 0.29) is 18.4 Å². The minimum atomic E-state index is -0.0917. The molecule has 6 heteroatoms. The SMILES string of the molecule is CCNC(=O)CN(CC)C(=O)CN1CCN(Cc2ccc(C(C)C)cc2)CC1. The molecule has 0 unspecified atom stereocenters. The molecule has 1 fully saturated rings. The first-order valence-electron chi connectivity index (χ1n) is 10.5. The first kappa shape index (κ1) is 22.4. The smallest absolute Gasteiger partial charge is 0.239 e. The number of likely N-dealkylation sites (N-methyl/N-ethyl adjacent to an activating group) is 2. The summed E-state index contributed by atoms with van der Waals surface area (Å²) in [7, 11) is 0. The van der Waals surface area contributed by atoms with E-state index in [4.69, 9.17) is 0 Å². The van der Waals surface area contributed by atoms with Crippen LogP contribution in [0.2, 0.25) is 0 Å². The minimum Gasteiger partial charge on any atom is -0.355 e. The Balaban J connectivity index is 1.76. The molecule has 0 bridgehead atoms. The van der Waals surface area contributed by atoms with Crippen LogP contribution in [-0.2, 0) is 16.1 Å². The summed E-state index contributed by atoms with van der Waals surface area (Å²) in [5, 5.41) is 2.75. The van der Waals surface area contributed by atoms with Gasteiger partial charge in [0.25, 0.3) is 0 Å². The van der Waals surface area contributed by atoms with E-state index in [0.717, 1.165) is 32.7 Å². The van der Waals surface area contributed by atoms with Crippen LogP contribution < -0.4 is 5.32 Å². The monoisotopic (exact) mass is 388 g/mol. The fourth-order valence-electron chi connectivity index (χ4n) is 3.47. The average molecular weight is 389 g/mol. The van der Waals surface area contributed by atoms with Gasteiger partial charge in [-0.1, -0.05) is 38.1 Å². The van der Waals surface area contributed by atoms with Crippen molar-refractivity contribution in [3.63, 3.8) is 0 Å². The molecule has 1 heterocycles. The van der Waals surface area contributed by atoms with Crippen molar-refractivity contribution >= 4 is 11.8 Å². The van der Waals surface area contributed by atoms with Gasteiger partial charge in [0, 0.05) is 45.8 Å². The average Bonchev–Trinajstić information content (AvgIpc) is 2.68. The lowest BCUT2D eigenvalue weighted by Gasteiger charge is -2.35. The van der Waals surface area contributed by atoms with Gasteiger partial charge in [0.15, 0.2) is 0 Å². The number of carbonyl (C=O) groups is 2. The van der Waals surface area contributed by atoms with Gasteiger partial charge in [-0.25, -0.2) is 0 Å². The van der Waals surface area contributed by atoms with Gasteiger partial charge >= 0.3 is 0 Å². The number of amides is 2. The van der Waals surface area contributed by atoms with E-state index in [0.29, 0.717) is 25.6 Å². The van der Waals surface area contributed by atoms with Crippen molar-refractivity contribution < 1.29 is 9.59 Å². The molecule has 0 aliphatic carbocycles. The maximum absolute atomic E-state index is 12.5. The van der Waals surface area contributed by atoms with Crippen molar-refractivity contribution in [2.75, 3.05) is 52.4 Å². The van der Waals surface area contributed by atoms with Gasteiger partial charge in [-0.3, -0.25) is 19.4 Å². The number of rotatable bonds is 9. The number of piperazine rings is 1. The molecular formula is C22H36N4O2. The third-order valence-corrected chi connectivity index (χ3v) is 5.32. The van der Waals surface area contributed by atoms with E-state index in [9.17, 15) is 9.59 Å². The van der Waals surface area contributed by atoms with E-state index in [1.807, 2.05) is 13.8 Å². The zero-order valence-corrected chi connectivity index (χ0v) is 17.9. The lowest BCUT2D eigenvalue weighted by molar-refractivity contribution is -0.137. The molecule has 1 aliphatic rings. The van der Waals surface area contributed by atoms with E-state index >= 15 is 0 Å². The first-order valence-corrected chi connectivity index (χ1v) is 10.5. The van der Waals surface area contributed by atoms with E-state index < -0.39 is 0 Å². The van der Waals surface area contributed by atoms with Gasteiger partial charge in [0.2, 0.25) is 11.8 Å². The highest BCUT2D eigenvalue weighted by molar-refractivity contribution is 5.85. The highest BCUT2D eigenvalue weighted by atomic mass is 16.2. The molecule has 2 amide bonds. The van der Waals surface area contributed by atoms with Crippen LogP contribution in [0.5, 0.6) is 0 Å². The Morgan fingerprint density at radius 2 is 1.64 bits per heavy atom. The summed E-state index contributed by atoms with van der Waals surface area (Å²) < 4.78 is 0. The standard InChI is InChI=1S/C22H36N4O2/c1-5-23-21(27)16-26(6-2)22(28)17-25-13-11-24(12-14-25)15-19-7-9-20(10-8-19)18(3)4/h7-10,18H,5-6,11-17H2,1-4H3,(H,23,27). The van der Waals surface area contributed by atoms with E-state index in [1.54, 1.807) is 4.90 Å². The summed E-state index contributed by atoms with van der Waals surface area (Å²) >= 11 is 0. The van der Waals surface area contributed by atoms with Crippen LogP contribution in [0.15, 0.2) is 24.3 Å². The zero-order chi connectivity index (χ0) is 20.5. The Labute approximate surface area is 169 Å². The van der Waals surface area contributed by atoms with Crippen LogP contribution in [0.3, 0.4) is 0 Å². The molecule has 1 aromatic carbocycles. The quantitative estimate of drug-likeness (QED) is 0.702. The summed E-state index contributed by atoms with van der Waals surface area (Å²) in [6.45, 7) is 14.6. The predicted octanol–water partition coefficient (Wildman–Crippen LogP) is 1.91. The second kappa shape index (κ2) is 11.2. The molecule has 1 aromatic rings. The van der Waals surface area contributed by atoms with Crippen LogP contribution >= 0.6 is 0 Å². The van der Waals surface area contributed by atoms with Crippen molar-refractivity contribution in [2.45, 2.75) is 40.2 Å². The summed E-state index contributed by atoms with van der Waals surface area (Å²) in [5.74, 6) is 0.503. The zero-order valence-electron chi connectivity index (χ0n) is 17.9. The number of nitrogens with one attached hydrogen (secondary N) is 1. The van der Waals surface area contributed by atoms with Crippen molar-refractivity contribution in [2.24, 2.45) is 0 Å². The van der Waals surface area contributed by atoms with Crippen molar-refractivity contribution in [1.82, 2.24) is 20.0 Å². The molecule has 0 aromatic heterocycles. The third kappa shape index (κ3) is 6.91. The molecule has 1 aliphatic heterocycles. The lowest BCUT2D eigenvalue weighted by Crippen LogP contribution is -2.50. The highest BCUT2D eigenvalue weighted by Gasteiger charge is 2.22. The van der Waals surface area contributed by atoms with Gasteiger partial charge < -0.3 is 10.2 Å². The summed E-state index contributed by atoms with van der Waals surface area (Å²) in [6, 6.07) is 8.91. The van der Waals surface area contributed by atoms with Gasteiger partial charge in [0.05, 0.1) is 13.1 Å². The van der Waals surface area contributed by atoms with Gasteiger partial charge in [-0.05, 0) is 30.9 Å². The van der Waals surface area contributed by atoms with Crippen LogP contribution in [0, 0.1) is 0 Å². The van der Waals surface area contributed by atoms with Crippen LogP contribution in [0.25, 0.3) is 0 Å². The number of nitrogens with zero attached hydrogens (tertiary/aromatic N) is 3. The Morgan fingerprint density at radius 3 is 2.18 bits per heavy atom. The van der Waals surface area contributed by atoms with E-state index in [2.05, 4.69) is 53.2 Å². The Kier molecular flexibility index (Phi) is 8.93. The molecule has 1 saturated heterocycles. The molecule has 0 radical (unpaired) electrons. The molecule has 1 N–H and O–H groups in total. The summed E-state index contributed by atoms with van der Waals surface area (Å²) in [6.07, 6.45) is 0. The van der Waals surface area contributed by atoms with Gasteiger partial charge in [0.1, 0.15) is 0 Å². The summed E-state index contributed by atoms with van der Waals surface area (Å²) in [4.78, 5) is 30.6.